The van der Waals surface area contributed by atoms with Crippen LogP contribution in [0.2, 0.25) is 0 Å². The third-order valence-electron chi connectivity index (χ3n) is 2.43. The minimum Gasteiger partial charge on any atom is -0.212 e. The molecule has 0 radical (unpaired) electrons. The molecule has 1 rings (SSSR count). The molecule has 0 saturated carbocycles. The second kappa shape index (κ2) is 3.83. The first-order valence-corrected chi connectivity index (χ1v) is 4.39. The average molecular weight is 172 g/mol. The monoisotopic (exact) mass is 172 g/mol. The third kappa shape index (κ3) is 1.93. The molecule has 0 fully saturated rings. The van der Waals surface area contributed by atoms with Crippen LogP contribution in [0.5, 0.6) is 0 Å². The van der Waals surface area contributed by atoms with Crippen molar-refractivity contribution in [2.75, 3.05) is 0 Å². The second-order valence-electron chi connectivity index (χ2n) is 3.27. The summed E-state index contributed by atoms with van der Waals surface area (Å²) in [5.74, 6) is -0.443. The molecule has 0 aromatic rings. The lowest BCUT2D eigenvalue weighted by atomic mass is 9.91. The van der Waals surface area contributed by atoms with E-state index in [0.29, 0.717) is 12.8 Å². The molecule has 0 aromatic heterocycles. The predicted molar refractivity (Wildman–Crippen MR) is 46.0 cm³/mol. The van der Waals surface area contributed by atoms with Crippen LogP contribution in [0.4, 0.5) is 8.78 Å². The summed E-state index contributed by atoms with van der Waals surface area (Å²) >= 11 is 0. The van der Waals surface area contributed by atoms with Crippen LogP contribution in [-0.4, -0.2) is 0 Å². The summed E-state index contributed by atoms with van der Waals surface area (Å²) in [7, 11) is 0. The van der Waals surface area contributed by atoms with E-state index in [2.05, 4.69) is 0 Å². The maximum atomic E-state index is 13.1. The maximum Gasteiger partial charge on any atom is 0.125 e. The van der Waals surface area contributed by atoms with Crippen LogP contribution >= 0.6 is 0 Å². The molecule has 2 heteroatoms. The molecule has 0 nitrogen and oxygen atoms in total. The molecule has 0 aliphatic heterocycles. The first kappa shape index (κ1) is 9.43. The Kier molecular flexibility index (Phi) is 3.01. The topological polar surface area (TPSA) is 0 Å². The molecular formula is C10H14F2. The molecular weight excluding hydrogens is 158 g/mol. The molecule has 0 aromatic carbocycles. The van der Waals surface area contributed by atoms with Gasteiger partial charge >= 0.3 is 0 Å². The van der Waals surface area contributed by atoms with Gasteiger partial charge in [-0.05, 0) is 24.3 Å². The van der Waals surface area contributed by atoms with Gasteiger partial charge < -0.3 is 0 Å². The Balaban J connectivity index is 2.82. The smallest absolute Gasteiger partial charge is 0.125 e. The van der Waals surface area contributed by atoms with Gasteiger partial charge in [0.1, 0.15) is 11.7 Å². The number of hydrogen-bond acceptors (Lipinski definition) is 0. The largest absolute Gasteiger partial charge is 0.212 e. The fourth-order valence-electron chi connectivity index (χ4n) is 1.40. The van der Waals surface area contributed by atoms with Crippen molar-refractivity contribution in [1.82, 2.24) is 0 Å². The van der Waals surface area contributed by atoms with Crippen LogP contribution < -0.4 is 0 Å². The molecule has 0 amide bonds. The predicted octanol–water partition coefficient (Wildman–Crippen LogP) is 3.90. The van der Waals surface area contributed by atoms with E-state index in [0.717, 1.165) is 18.1 Å². The number of rotatable bonds is 2. The lowest BCUT2D eigenvalue weighted by Gasteiger charge is -2.17. The van der Waals surface area contributed by atoms with Crippen molar-refractivity contribution in [1.29, 1.82) is 0 Å². The Morgan fingerprint density at radius 3 is 2.58 bits per heavy atom. The Bertz CT molecular complexity index is 226. The Morgan fingerprint density at radius 2 is 2.08 bits per heavy atom. The van der Waals surface area contributed by atoms with Gasteiger partial charge in [0.2, 0.25) is 0 Å². The zero-order chi connectivity index (χ0) is 9.14. The zero-order valence-corrected chi connectivity index (χ0v) is 7.53. The Hall–Kier alpha value is -0.660. The number of halogens is 2. The first-order valence-electron chi connectivity index (χ1n) is 4.39. The summed E-state index contributed by atoms with van der Waals surface area (Å²) in [6, 6.07) is 0. The summed E-state index contributed by atoms with van der Waals surface area (Å²) in [6.07, 6.45) is 2.85. The minimum absolute atomic E-state index is 0.245. The molecule has 12 heavy (non-hydrogen) atoms. The van der Waals surface area contributed by atoms with Crippen molar-refractivity contribution in [3.8, 4) is 0 Å². The van der Waals surface area contributed by atoms with Crippen LogP contribution in [0.25, 0.3) is 0 Å². The van der Waals surface area contributed by atoms with E-state index in [1.54, 1.807) is 0 Å². The van der Waals surface area contributed by atoms with Crippen molar-refractivity contribution >= 4 is 0 Å². The first-order chi connectivity index (χ1) is 5.65. The van der Waals surface area contributed by atoms with E-state index in [4.69, 9.17) is 0 Å². The van der Waals surface area contributed by atoms with Crippen LogP contribution in [0.15, 0.2) is 23.3 Å². The van der Waals surface area contributed by atoms with Crippen molar-refractivity contribution < 1.29 is 8.78 Å². The standard InChI is InChI=1S/C10H14F2/c1-3-7(2)9-5-4-8(11)6-10(9)12/h6-7H,3-5H2,1-2H3. The van der Waals surface area contributed by atoms with Gasteiger partial charge in [-0.3, -0.25) is 0 Å². The number of hydrogen-bond donors (Lipinski definition) is 0. The van der Waals surface area contributed by atoms with Gasteiger partial charge in [-0.15, -0.1) is 0 Å². The van der Waals surface area contributed by atoms with Gasteiger partial charge in [0, 0.05) is 12.5 Å². The quantitative estimate of drug-likeness (QED) is 0.592. The highest BCUT2D eigenvalue weighted by atomic mass is 19.1. The molecule has 1 atom stereocenters. The third-order valence-corrected chi connectivity index (χ3v) is 2.43. The van der Waals surface area contributed by atoms with Crippen LogP contribution in [0, 0.1) is 5.92 Å². The van der Waals surface area contributed by atoms with Crippen molar-refractivity contribution in [3.63, 3.8) is 0 Å². The maximum absolute atomic E-state index is 13.1. The van der Waals surface area contributed by atoms with Crippen molar-refractivity contribution in [3.05, 3.63) is 23.3 Å². The summed E-state index contributed by atoms with van der Waals surface area (Å²) in [5, 5.41) is 0. The summed E-state index contributed by atoms with van der Waals surface area (Å²) in [6.45, 7) is 3.99. The van der Waals surface area contributed by atoms with E-state index in [9.17, 15) is 8.78 Å². The van der Waals surface area contributed by atoms with Gasteiger partial charge in [-0.2, -0.15) is 0 Å². The molecule has 0 spiro atoms. The summed E-state index contributed by atoms with van der Waals surface area (Å²) in [4.78, 5) is 0. The molecule has 0 N–H and O–H groups in total. The van der Waals surface area contributed by atoms with Gasteiger partial charge in [0.05, 0.1) is 0 Å². The van der Waals surface area contributed by atoms with E-state index in [1.807, 2.05) is 13.8 Å². The molecule has 1 unspecified atom stereocenters. The molecule has 68 valence electrons. The van der Waals surface area contributed by atoms with E-state index >= 15 is 0 Å². The highest BCUT2D eigenvalue weighted by Gasteiger charge is 2.17. The minimum atomic E-state index is -0.354. The molecule has 1 aliphatic carbocycles. The fraction of sp³-hybridized carbons (Fsp3) is 0.600. The van der Waals surface area contributed by atoms with Crippen LogP contribution in [0.1, 0.15) is 33.1 Å². The lowest BCUT2D eigenvalue weighted by Crippen LogP contribution is -2.03. The van der Waals surface area contributed by atoms with Crippen LogP contribution in [-0.2, 0) is 0 Å². The van der Waals surface area contributed by atoms with Gasteiger partial charge in [0.25, 0.3) is 0 Å². The second-order valence-corrected chi connectivity index (χ2v) is 3.27. The Morgan fingerprint density at radius 1 is 1.42 bits per heavy atom. The van der Waals surface area contributed by atoms with Gasteiger partial charge in [0.15, 0.2) is 0 Å². The highest BCUT2D eigenvalue weighted by Crippen LogP contribution is 2.31. The SMILES string of the molecule is CCC(C)C1=C(F)C=C(F)CC1. The lowest BCUT2D eigenvalue weighted by molar-refractivity contribution is 0.506. The molecule has 0 saturated heterocycles. The average Bonchev–Trinajstić information content (AvgIpc) is 2.03. The zero-order valence-electron chi connectivity index (χ0n) is 7.53. The van der Waals surface area contributed by atoms with Gasteiger partial charge in [-0.25, -0.2) is 8.78 Å². The normalized spacial score (nSPS) is 20.8. The Labute approximate surface area is 72.0 Å². The van der Waals surface area contributed by atoms with E-state index < -0.39 is 0 Å². The number of allylic oxidation sites excluding steroid dienone is 4. The van der Waals surface area contributed by atoms with Crippen molar-refractivity contribution in [2.45, 2.75) is 33.1 Å². The van der Waals surface area contributed by atoms with Crippen molar-refractivity contribution in [2.24, 2.45) is 5.92 Å². The van der Waals surface area contributed by atoms with Gasteiger partial charge in [-0.1, -0.05) is 13.8 Å². The summed E-state index contributed by atoms with van der Waals surface area (Å²) in [5.41, 5.74) is 0.777. The fourth-order valence-corrected chi connectivity index (χ4v) is 1.40. The van der Waals surface area contributed by atoms with Crippen LogP contribution in [0.3, 0.4) is 0 Å². The van der Waals surface area contributed by atoms with E-state index in [-0.39, 0.29) is 17.6 Å². The molecule has 0 heterocycles. The summed E-state index contributed by atoms with van der Waals surface area (Å²) < 4.78 is 25.7. The molecule has 0 bridgehead atoms. The van der Waals surface area contributed by atoms with E-state index in [1.165, 1.54) is 0 Å². The highest BCUT2D eigenvalue weighted by molar-refractivity contribution is 5.27. The molecule has 1 aliphatic rings.